The van der Waals surface area contributed by atoms with Gasteiger partial charge >= 0.3 is 0 Å². The van der Waals surface area contributed by atoms with Crippen LogP contribution in [0.4, 0.5) is 0 Å². The minimum Gasteiger partial charge on any atom is -0.354 e. The molecule has 1 aromatic rings. The van der Waals surface area contributed by atoms with Crippen LogP contribution in [0, 0.1) is 17.8 Å². The number of nitrogens with one attached hydrogen (secondary N) is 1. The average Bonchev–Trinajstić information content (AvgIpc) is 2.79. The molecule has 1 unspecified atom stereocenters. The number of carbonyl (C=O) groups excluding carboxylic acids is 2. The van der Waals surface area contributed by atoms with Gasteiger partial charge in [0.15, 0.2) is 0 Å². The van der Waals surface area contributed by atoms with E-state index < -0.39 is 0 Å². The van der Waals surface area contributed by atoms with Crippen molar-refractivity contribution < 1.29 is 9.59 Å². The van der Waals surface area contributed by atoms with Crippen molar-refractivity contribution in [3.05, 3.63) is 12.2 Å². The number of hydrogen-bond acceptors (Lipinski definition) is 4. The Kier molecular flexibility index (Phi) is 4.37. The van der Waals surface area contributed by atoms with E-state index in [0.29, 0.717) is 25.6 Å². The number of nitrogens with zero attached hydrogens (tertiary/aromatic N) is 4. The summed E-state index contributed by atoms with van der Waals surface area (Å²) in [5.74, 6) is 1.32. The fraction of sp³-hybridized carbons (Fsp3) is 0.750. The van der Waals surface area contributed by atoms with Crippen molar-refractivity contribution >= 4 is 11.8 Å². The fourth-order valence-electron chi connectivity index (χ4n) is 3.43. The monoisotopic (exact) mass is 319 g/mol. The standard InChI is InChI=1S/C16H25N5O2/c1-10(2)19-15(22)13-6-20(16(23)12-4-11(3)5-12)8-14-17-9-18-21(14)7-13/h9-13H,4-8H2,1-3H3,(H,19,22). The van der Waals surface area contributed by atoms with Crippen molar-refractivity contribution in [1.29, 1.82) is 0 Å². The number of aromatic nitrogens is 3. The SMILES string of the molecule is CC1CC(C(=O)N2Cc3ncnn3CC(C(=O)NC(C)C)C2)C1. The Morgan fingerprint density at radius 1 is 1.26 bits per heavy atom. The lowest BCUT2D eigenvalue weighted by molar-refractivity contribution is -0.141. The molecule has 1 saturated carbocycles. The molecule has 1 fully saturated rings. The summed E-state index contributed by atoms with van der Waals surface area (Å²) in [4.78, 5) is 31.2. The number of fused-ring (bicyclic) bond motifs is 1. The van der Waals surface area contributed by atoms with E-state index >= 15 is 0 Å². The summed E-state index contributed by atoms with van der Waals surface area (Å²) in [5.41, 5.74) is 0. The zero-order chi connectivity index (χ0) is 16.6. The minimum atomic E-state index is -0.290. The average molecular weight is 319 g/mol. The summed E-state index contributed by atoms with van der Waals surface area (Å²) in [5, 5.41) is 7.15. The van der Waals surface area contributed by atoms with E-state index in [2.05, 4.69) is 22.3 Å². The Morgan fingerprint density at radius 2 is 2.00 bits per heavy atom. The van der Waals surface area contributed by atoms with E-state index in [1.807, 2.05) is 13.8 Å². The number of rotatable bonds is 3. The molecule has 2 amide bonds. The zero-order valence-electron chi connectivity index (χ0n) is 14.0. The quantitative estimate of drug-likeness (QED) is 0.894. The topological polar surface area (TPSA) is 80.1 Å². The molecule has 7 heteroatoms. The molecule has 0 aromatic carbocycles. The zero-order valence-corrected chi connectivity index (χ0v) is 14.0. The molecule has 2 heterocycles. The van der Waals surface area contributed by atoms with Crippen LogP contribution in [0.25, 0.3) is 0 Å². The Balaban J connectivity index is 1.77. The van der Waals surface area contributed by atoms with Crippen molar-refractivity contribution in [2.45, 2.75) is 52.7 Å². The predicted molar refractivity (Wildman–Crippen MR) is 84.1 cm³/mol. The highest BCUT2D eigenvalue weighted by molar-refractivity contribution is 5.82. The highest BCUT2D eigenvalue weighted by atomic mass is 16.2. The second kappa shape index (κ2) is 6.29. The summed E-state index contributed by atoms with van der Waals surface area (Å²) in [6.07, 6.45) is 3.39. The first kappa shape index (κ1) is 16.0. The van der Waals surface area contributed by atoms with Gasteiger partial charge in [-0.1, -0.05) is 6.92 Å². The van der Waals surface area contributed by atoms with Crippen LogP contribution in [0.5, 0.6) is 0 Å². The summed E-state index contributed by atoms with van der Waals surface area (Å²) in [7, 11) is 0. The van der Waals surface area contributed by atoms with Gasteiger partial charge in [0.2, 0.25) is 11.8 Å². The molecule has 3 rings (SSSR count). The first-order chi connectivity index (χ1) is 10.9. The molecule has 1 aliphatic heterocycles. The Labute approximate surface area is 136 Å². The Morgan fingerprint density at radius 3 is 2.65 bits per heavy atom. The largest absolute Gasteiger partial charge is 0.354 e. The Bertz CT molecular complexity index is 591. The smallest absolute Gasteiger partial charge is 0.226 e. The first-order valence-corrected chi connectivity index (χ1v) is 8.40. The molecular formula is C16H25N5O2. The van der Waals surface area contributed by atoms with Crippen LogP contribution in [0.1, 0.15) is 39.4 Å². The third-order valence-corrected chi connectivity index (χ3v) is 4.70. The second-order valence-electron chi connectivity index (χ2n) is 7.21. The predicted octanol–water partition coefficient (Wildman–Crippen LogP) is 0.807. The van der Waals surface area contributed by atoms with Gasteiger partial charge in [-0.2, -0.15) is 5.10 Å². The number of amides is 2. The van der Waals surface area contributed by atoms with Crippen LogP contribution in [0.3, 0.4) is 0 Å². The van der Waals surface area contributed by atoms with Crippen LogP contribution in [0.2, 0.25) is 0 Å². The summed E-state index contributed by atoms with van der Waals surface area (Å²) in [6.45, 7) is 7.39. The number of carbonyl (C=O) groups is 2. The fourth-order valence-corrected chi connectivity index (χ4v) is 3.43. The normalized spacial score (nSPS) is 27.1. The lowest BCUT2D eigenvalue weighted by atomic mass is 9.75. The van der Waals surface area contributed by atoms with Gasteiger partial charge in [-0.3, -0.25) is 9.59 Å². The molecule has 1 aliphatic carbocycles. The molecule has 1 N–H and O–H groups in total. The summed E-state index contributed by atoms with van der Waals surface area (Å²) < 4.78 is 1.75. The van der Waals surface area contributed by atoms with Gasteiger partial charge in [-0.25, -0.2) is 9.67 Å². The van der Waals surface area contributed by atoms with E-state index in [0.717, 1.165) is 18.7 Å². The van der Waals surface area contributed by atoms with Crippen LogP contribution < -0.4 is 5.32 Å². The summed E-state index contributed by atoms with van der Waals surface area (Å²) in [6, 6.07) is 0.0811. The maximum atomic E-state index is 12.7. The van der Waals surface area contributed by atoms with Gasteiger partial charge in [0, 0.05) is 18.5 Å². The van der Waals surface area contributed by atoms with Crippen LogP contribution in [-0.4, -0.2) is 44.1 Å². The molecule has 1 atom stereocenters. The highest BCUT2D eigenvalue weighted by Crippen LogP contribution is 2.35. The van der Waals surface area contributed by atoms with Gasteiger partial charge in [0.05, 0.1) is 19.0 Å². The van der Waals surface area contributed by atoms with Crippen molar-refractivity contribution in [2.75, 3.05) is 6.54 Å². The lowest BCUT2D eigenvalue weighted by Crippen LogP contribution is -2.46. The van der Waals surface area contributed by atoms with Gasteiger partial charge in [0.1, 0.15) is 12.2 Å². The number of hydrogen-bond donors (Lipinski definition) is 1. The molecule has 2 aliphatic rings. The van der Waals surface area contributed by atoms with E-state index in [1.54, 1.807) is 9.58 Å². The first-order valence-electron chi connectivity index (χ1n) is 8.40. The maximum absolute atomic E-state index is 12.7. The van der Waals surface area contributed by atoms with Gasteiger partial charge < -0.3 is 10.2 Å². The molecule has 0 radical (unpaired) electrons. The third-order valence-electron chi connectivity index (χ3n) is 4.70. The highest BCUT2D eigenvalue weighted by Gasteiger charge is 2.37. The van der Waals surface area contributed by atoms with Crippen molar-refractivity contribution in [3.63, 3.8) is 0 Å². The van der Waals surface area contributed by atoms with Crippen molar-refractivity contribution in [2.24, 2.45) is 17.8 Å². The molecule has 0 saturated heterocycles. The van der Waals surface area contributed by atoms with Crippen LogP contribution >= 0.6 is 0 Å². The molecule has 0 bridgehead atoms. The van der Waals surface area contributed by atoms with E-state index in [-0.39, 0.29) is 29.7 Å². The minimum absolute atomic E-state index is 0.0249. The molecule has 126 valence electrons. The van der Waals surface area contributed by atoms with E-state index in [9.17, 15) is 9.59 Å². The molecule has 7 nitrogen and oxygen atoms in total. The van der Waals surface area contributed by atoms with E-state index in [4.69, 9.17) is 0 Å². The van der Waals surface area contributed by atoms with E-state index in [1.165, 1.54) is 6.33 Å². The van der Waals surface area contributed by atoms with Crippen molar-refractivity contribution in [3.8, 4) is 0 Å². The van der Waals surface area contributed by atoms with Gasteiger partial charge in [-0.15, -0.1) is 0 Å². The molecule has 1 aromatic heterocycles. The second-order valence-corrected chi connectivity index (χ2v) is 7.21. The van der Waals surface area contributed by atoms with Crippen molar-refractivity contribution in [1.82, 2.24) is 25.0 Å². The van der Waals surface area contributed by atoms with Gasteiger partial charge in [-0.05, 0) is 32.6 Å². The molecule has 23 heavy (non-hydrogen) atoms. The van der Waals surface area contributed by atoms with Crippen LogP contribution in [-0.2, 0) is 22.7 Å². The molecule has 0 spiro atoms. The van der Waals surface area contributed by atoms with Gasteiger partial charge in [0.25, 0.3) is 0 Å². The Hall–Kier alpha value is -1.92. The van der Waals surface area contributed by atoms with Crippen LogP contribution in [0.15, 0.2) is 6.33 Å². The third kappa shape index (κ3) is 3.38. The maximum Gasteiger partial charge on any atom is 0.226 e. The molecular weight excluding hydrogens is 294 g/mol. The lowest BCUT2D eigenvalue weighted by Gasteiger charge is -2.36. The summed E-state index contributed by atoms with van der Waals surface area (Å²) >= 11 is 0.